The van der Waals surface area contributed by atoms with Crippen LogP contribution in [0.5, 0.6) is 0 Å². The molecule has 2 heteroatoms. The summed E-state index contributed by atoms with van der Waals surface area (Å²) in [5.41, 5.74) is 7.60. The van der Waals surface area contributed by atoms with Crippen molar-refractivity contribution in [3.8, 4) is 0 Å². The highest BCUT2D eigenvalue weighted by Gasteiger charge is 2.32. The lowest BCUT2D eigenvalue weighted by Crippen LogP contribution is -2.35. The fourth-order valence-corrected chi connectivity index (χ4v) is 4.39. The zero-order chi connectivity index (χ0) is 14.5. The normalized spacial score (nSPS) is 25.5. The van der Waals surface area contributed by atoms with Crippen LogP contribution in [0.4, 0.5) is 0 Å². The summed E-state index contributed by atoms with van der Waals surface area (Å²) in [4.78, 5) is 2.77. The van der Waals surface area contributed by atoms with Gasteiger partial charge in [0, 0.05) is 12.1 Å². The lowest BCUT2D eigenvalue weighted by atomic mass is 9.95. The van der Waals surface area contributed by atoms with Crippen molar-refractivity contribution in [2.45, 2.75) is 63.5 Å². The van der Waals surface area contributed by atoms with E-state index in [0.29, 0.717) is 0 Å². The minimum atomic E-state index is 0.207. The molecule has 2 aliphatic rings. The number of benzene rings is 1. The van der Waals surface area contributed by atoms with E-state index in [-0.39, 0.29) is 6.04 Å². The molecule has 2 fully saturated rings. The zero-order valence-corrected chi connectivity index (χ0v) is 13.2. The zero-order valence-electron chi connectivity index (χ0n) is 13.2. The van der Waals surface area contributed by atoms with Crippen molar-refractivity contribution in [3.63, 3.8) is 0 Å². The molecule has 0 aromatic heterocycles. The van der Waals surface area contributed by atoms with Gasteiger partial charge in [-0.25, -0.2) is 0 Å². The van der Waals surface area contributed by atoms with Crippen LogP contribution in [0.1, 0.15) is 63.0 Å². The predicted molar refractivity (Wildman–Crippen MR) is 89.2 cm³/mol. The number of rotatable bonds is 6. The average molecular weight is 286 g/mol. The Morgan fingerprint density at radius 3 is 2.57 bits per heavy atom. The minimum Gasteiger partial charge on any atom is -0.324 e. The maximum absolute atomic E-state index is 6.32. The van der Waals surface area contributed by atoms with Crippen molar-refractivity contribution in [1.29, 1.82) is 0 Å². The predicted octanol–water partition coefficient (Wildman–Crippen LogP) is 4.12. The van der Waals surface area contributed by atoms with E-state index in [9.17, 15) is 0 Å². The van der Waals surface area contributed by atoms with Crippen molar-refractivity contribution in [1.82, 2.24) is 4.90 Å². The van der Waals surface area contributed by atoms with Crippen molar-refractivity contribution in [3.05, 3.63) is 35.9 Å². The summed E-state index contributed by atoms with van der Waals surface area (Å²) in [5, 5.41) is 0. The largest absolute Gasteiger partial charge is 0.324 e. The Balaban J connectivity index is 1.44. The van der Waals surface area contributed by atoms with Crippen molar-refractivity contribution in [2.75, 3.05) is 13.1 Å². The first-order chi connectivity index (χ1) is 10.3. The third-order valence-electron chi connectivity index (χ3n) is 5.55. The third kappa shape index (κ3) is 3.87. The summed E-state index contributed by atoms with van der Waals surface area (Å²) < 4.78 is 0. The number of nitrogens with zero attached hydrogens (tertiary/aromatic N) is 1. The summed E-state index contributed by atoms with van der Waals surface area (Å²) in [7, 11) is 0. The third-order valence-corrected chi connectivity index (χ3v) is 5.55. The fourth-order valence-electron chi connectivity index (χ4n) is 4.39. The molecule has 2 atom stereocenters. The van der Waals surface area contributed by atoms with Gasteiger partial charge in [-0.05, 0) is 63.1 Å². The molecule has 0 bridgehead atoms. The van der Waals surface area contributed by atoms with E-state index in [4.69, 9.17) is 5.73 Å². The van der Waals surface area contributed by atoms with Gasteiger partial charge in [0.25, 0.3) is 0 Å². The van der Waals surface area contributed by atoms with Gasteiger partial charge in [0.1, 0.15) is 0 Å². The molecule has 1 heterocycles. The molecule has 2 nitrogen and oxygen atoms in total. The second-order valence-electron chi connectivity index (χ2n) is 6.95. The Labute approximate surface area is 129 Å². The number of hydrogen-bond acceptors (Lipinski definition) is 2. The lowest BCUT2D eigenvalue weighted by molar-refractivity contribution is 0.186. The average Bonchev–Trinajstić information content (AvgIpc) is 3.18. The van der Waals surface area contributed by atoms with Crippen LogP contribution in [-0.2, 0) is 0 Å². The van der Waals surface area contributed by atoms with Crippen LogP contribution in [-0.4, -0.2) is 24.0 Å². The standard InChI is InChI=1S/C19H30N2/c20-18(16-8-2-1-3-9-16)12-6-14-21-15-7-13-19(21)17-10-4-5-11-17/h1-3,8-9,17-19H,4-7,10-15,20H2. The Kier molecular flexibility index (Phi) is 5.32. The molecule has 1 saturated heterocycles. The van der Waals surface area contributed by atoms with Crippen LogP contribution >= 0.6 is 0 Å². The Bertz CT molecular complexity index is 411. The Hall–Kier alpha value is -0.860. The maximum atomic E-state index is 6.32. The number of nitrogens with two attached hydrogens (primary N) is 1. The molecule has 0 amide bonds. The first-order valence-corrected chi connectivity index (χ1v) is 8.89. The maximum Gasteiger partial charge on any atom is 0.0295 e. The van der Waals surface area contributed by atoms with Crippen LogP contribution in [0.3, 0.4) is 0 Å². The Morgan fingerprint density at radius 2 is 1.81 bits per heavy atom. The van der Waals surface area contributed by atoms with Crippen LogP contribution in [0, 0.1) is 5.92 Å². The summed E-state index contributed by atoms with van der Waals surface area (Å²) in [5.74, 6) is 0.996. The first kappa shape index (κ1) is 15.1. The molecule has 1 aliphatic heterocycles. The van der Waals surface area contributed by atoms with Gasteiger partial charge in [0.05, 0.1) is 0 Å². The first-order valence-electron chi connectivity index (χ1n) is 8.89. The molecule has 1 saturated carbocycles. The van der Waals surface area contributed by atoms with E-state index in [1.807, 2.05) is 0 Å². The van der Waals surface area contributed by atoms with Gasteiger partial charge in [0.2, 0.25) is 0 Å². The second-order valence-corrected chi connectivity index (χ2v) is 6.95. The summed E-state index contributed by atoms with van der Waals surface area (Å²) >= 11 is 0. The van der Waals surface area contributed by atoms with Crippen LogP contribution < -0.4 is 5.73 Å². The van der Waals surface area contributed by atoms with Gasteiger partial charge < -0.3 is 10.6 Å². The summed E-state index contributed by atoms with van der Waals surface area (Å²) in [6.45, 7) is 2.57. The minimum absolute atomic E-state index is 0.207. The van der Waals surface area contributed by atoms with E-state index in [0.717, 1.165) is 18.4 Å². The van der Waals surface area contributed by atoms with Gasteiger partial charge >= 0.3 is 0 Å². The smallest absolute Gasteiger partial charge is 0.0295 e. The topological polar surface area (TPSA) is 29.3 Å². The molecule has 2 N–H and O–H groups in total. The SMILES string of the molecule is NC(CCCN1CCCC1C1CCCC1)c1ccccc1. The molecule has 0 radical (unpaired) electrons. The van der Waals surface area contributed by atoms with Crippen LogP contribution in [0.15, 0.2) is 30.3 Å². The van der Waals surface area contributed by atoms with E-state index in [2.05, 4.69) is 35.2 Å². The lowest BCUT2D eigenvalue weighted by Gasteiger charge is -2.29. The molecule has 1 aromatic rings. The molecule has 0 spiro atoms. The van der Waals surface area contributed by atoms with Gasteiger partial charge in [0.15, 0.2) is 0 Å². The van der Waals surface area contributed by atoms with Crippen LogP contribution in [0.2, 0.25) is 0 Å². The van der Waals surface area contributed by atoms with Gasteiger partial charge in [-0.15, -0.1) is 0 Å². The van der Waals surface area contributed by atoms with Crippen LogP contribution in [0.25, 0.3) is 0 Å². The van der Waals surface area contributed by atoms with Gasteiger partial charge in [-0.1, -0.05) is 43.2 Å². The monoisotopic (exact) mass is 286 g/mol. The highest BCUT2D eigenvalue weighted by molar-refractivity contribution is 5.18. The summed E-state index contributed by atoms with van der Waals surface area (Å²) in [6, 6.07) is 11.6. The van der Waals surface area contributed by atoms with Crippen molar-refractivity contribution < 1.29 is 0 Å². The van der Waals surface area contributed by atoms with E-state index in [1.54, 1.807) is 0 Å². The Morgan fingerprint density at radius 1 is 1.05 bits per heavy atom. The quantitative estimate of drug-likeness (QED) is 0.852. The fraction of sp³-hybridized carbons (Fsp3) is 0.684. The van der Waals surface area contributed by atoms with Gasteiger partial charge in [-0.2, -0.15) is 0 Å². The summed E-state index contributed by atoms with van der Waals surface area (Å²) in [6.07, 6.45) is 11.1. The van der Waals surface area contributed by atoms with E-state index < -0.39 is 0 Å². The molecule has 1 aromatic carbocycles. The van der Waals surface area contributed by atoms with E-state index in [1.165, 1.54) is 63.6 Å². The van der Waals surface area contributed by atoms with Crippen molar-refractivity contribution >= 4 is 0 Å². The van der Waals surface area contributed by atoms with Crippen molar-refractivity contribution in [2.24, 2.45) is 11.7 Å². The molecular weight excluding hydrogens is 256 g/mol. The molecule has 21 heavy (non-hydrogen) atoms. The molecule has 2 unspecified atom stereocenters. The number of hydrogen-bond donors (Lipinski definition) is 1. The molecule has 116 valence electrons. The number of likely N-dealkylation sites (tertiary alicyclic amines) is 1. The second kappa shape index (κ2) is 7.42. The van der Waals surface area contributed by atoms with Gasteiger partial charge in [-0.3, -0.25) is 0 Å². The molecule has 1 aliphatic carbocycles. The highest BCUT2D eigenvalue weighted by Crippen LogP contribution is 2.35. The molecule has 3 rings (SSSR count). The molecular formula is C19H30N2. The van der Waals surface area contributed by atoms with E-state index >= 15 is 0 Å². The highest BCUT2D eigenvalue weighted by atomic mass is 15.2.